The highest BCUT2D eigenvalue weighted by Crippen LogP contribution is 2.60. The van der Waals surface area contributed by atoms with Gasteiger partial charge < -0.3 is 14.4 Å². The molecule has 7 nitrogen and oxygen atoms in total. The number of carbonyl (C=O) groups excluding carboxylic acids is 1. The van der Waals surface area contributed by atoms with Crippen molar-refractivity contribution in [1.29, 1.82) is 0 Å². The Morgan fingerprint density at radius 3 is 2.53 bits per heavy atom. The quantitative estimate of drug-likeness (QED) is 0.549. The van der Waals surface area contributed by atoms with Gasteiger partial charge in [-0.1, -0.05) is 0 Å². The van der Waals surface area contributed by atoms with E-state index in [-0.39, 0.29) is 41.1 Å². The molecule has 1 aromatic rings. The maximum atomic E-state index is 13.7. The van der Waals surface area contributed by atoms with Crippen LogP contribution in [0.2, 0.25) is 0 Å². The first kappa shape index (κ1) is 24.7. The molecule has 0 N–H and O–H groups in total. The molecule has 2 fully saturated rings. The maximum absolute atomic E-state index is 13.7. The molecule has 13 heteroatoms. The third-order valence-electron chi connectivity index (χ3n) is 6.51. The average Bonchev–Trinajstić information content (AvgIpc) is 3.07. The molecule has 0 aromatic heterocycles. The van der Waals surface area contributed by atoms with Crippen LogP contribution in [0.3, 0.4) is 0 Å². The number of rotatable bonds is 6. The second-order valence-corrected chi connectivity index (χ2v) is 11.2. The van der Waals surface area contributed by atoms with Crippen LogP contribution in [0.5, 0.6) is 5.75 Å². The molecule has 1 saturated heterocycles. The van der Waals surface area contributed by atoms with Crippen molar-refractivity contribution in [3.05, 3.63) is 23.8 Å². The monoisotopic (exact) mass is 510 g/mol. The third kappa shape index (κ3) is 4.46. The zero-order valence-electron chi connectivity index (χ0n) is 18.5. The number of nitrogens with zero attached hydrogens (tertiary/aromatic N) is 2. The Bertz CT molecular complexity index is 1150. The van der Waals surface area contributed by atoms with Crippen molar-refractivity contribution < 1.29 is 44.6 Å². The summed E-state index contributed by atoms with van der Waals surface area (Å²) in [5.74, 6) is -4.32. The Hall–Kier alpha value is -2.44. The van der Waals surface area contributed by atoms with Crippen molar-refractivity contribution in [3.63, 3.8) is 0 Å². The number of halogens is 5. The third-order valence-corrected chi connectivity index (χ3v) is 7.62. The molecule has 0 bridgehead atoms. The summed E-state index contributed by atoms with van der Waals surface area (Å²) >= 11 is 0. The molecule has 34 heavy (non-hydrogen) atoms. The number of aliphatic imine (C=N–C) groups is 1. The highest BCUT2D eigenvalue weighted by atomic mass is 32.2. The van der Waals surface area contributed by atoms with E-state index in [1.165, 1.54) is 4.90 Å². The molecule has 2 aliphatic heterocycles. The van der Waals surface area contributed by atoms with Crippen molar-refractivity contribution in [3.8, 4) is 5.75 Å². The van der Waals surface area contributed by atoms with Crippen molar-refractivity contribution in [2.24, 2.45) is 16.3 Å². The van der Waals surface area contributed by atoms with Crippen LogP contribution in [0.1, 0.15) is 30.6 Å². The fraction of sp³-hybridized carbons (Fsp3) is 0.619. The van der Waals surface area contributed by atoms with Gasteiger partial charge in [0.25, 0.3) is 11.8 Å². The molecule has 3 aliphatic rings. The van der Waals surface area contributed by atoms with Crippen molar-refractivity contribution in [1.82, 2.24) is 4.90 Å². The first-order chi connectivity index (χ1) is 15.5. The van der Waals surface area contributed by atoms with E-state index >= 15 is 0 Å². The fourth-order valence-electron chi connectivity index (χ4n) is 4.26. The lowest BCUT2D eigenvalue weighted by atomic mass is 10.1. The number of carbonyl (C=O) groups is 1. The summed E-state index contributed by atoms with van der Waals surface area (Å²) < 4.78 is 101. The Kier molecular flexibility index (Phi) is 5.65. The smallest absolute Gasteiger partial charge is 0.427 e. The second kappa shape index (κ2) is 7.79. The summed E-state index contributed by atoms with van der Waals surface area (Å²) in [6, 6.07) is 3.37. The van der Waals surface area contributed by atoms with Gasteiger partial charge in [-0.05, 0) is 37.5 Å². The number of alkyl halides is 5. The number of hydrogen-bond donors (Lipinski definition) is 0. The fourth-order valence-corrected chi connectivity index (χ4v) is 4.91. The molecule has 1 aliphatic carbocycles. The van der Waals surface area contributed by atoms with E-state index in [1.54, 1.807) is 0 Å². The topological polar surface area (TPSA) is 85.3 Å². The van der Waals surface area contributed by atoms with Crippen molar-refractivity contribution >= 4 is 21.6 Å². The summed E-state index contributed by atoms with van der Waals surface area (Å²) in [6.45, 7) is 1.42. The van der Waals surface area contributed by atoms with Gasteiger partial charge in [0.2, 0.25) is 6.10 Å². The van der Waals surface area contributed by atoms with Crippen LogP contribution in [-0.4, -0.2) is 75.3 Å². The van der Waals surface area contributed by atoms with E-state index in [9.17, 15) is 35.2 Å². The first-order valence-corrected chi connectivity index (χ1v) is 12.4. The van der Waals surface area contributed by atoms with Crippen LogP contribution in [0.4, 0.5) is 22.0 Å². The summed E-state index contributed by atoms with van der Waals surface area (Å²) in [7, 11) is -3.72. The van der Waals surface area contributed by atoms with Crippen LogP contribution in [0.15, 0.2) is 28.1 Å². The molecule has 0 spiro atoms. The number of amides is 1. The van der Waals surface area contributed by atoms with E-state index in [0.29, 0.717) is 13.3 Å². The Labute approximate surface area is 192 Å². The Morgan fingerprint density at radius 2 is 1.97 bits per heavy atom. The van der Waals surface area contributed by atoms with Crippen molar-refractivity contribution in [2.45, 2.75) is 49.5 Å². The molecule has 1 saturated carbocycles. The molecule has 1 amide bonds. The predicted molar refractivity (Wildman–Crippen MR) is 110 cm³/mol. The summed E-state index contributed by atoms with van der Waals surface area (Å²) in [6.07, 6.45) is -6.75. The molecular weight excluding hydrogens is 487 g/mol. The minimum atomic E-state index is -4.56. The molecule has 4 rings (SSSR count). The first-order valence-electron chi connectivity index (χ1n) is 10.5. The lowest BCUT2D eigenvalue weighted by molar-refractivity contribution is -0.191. The van der Waals surface area contributed by atoms with Crippen LogP contribution in [-0.2, 0) is 14.6 Å². The minimum Gasteiger partial charge on any atom is -0.484 e. The number of benzene rings is 1. The van der Waals surface area contributed by atoms with Gasteiger partial charge in [-0.15, -0.1) is 0 Å². The van der Waals surface area contributed by atoms with E-state index < -0.39 is 52.0 Å². The molecule has 0 radical (unpaired) electrons. The van der Waals surface area contributed by atoms with E-state index in [1.807, 2.05) is 0 Å². The van der Waals surface area contributed by atoms with Crippen molar-refractivity contribution in [2.75, 3.05) is 25.9 Å². The highest BCUT2D eigenvalue weighted by molar-refractivity contribution is 7.90. The number of piperidine rings is 1. The zero-order chi connectivity index (χ0) is 25.3. The Morgan fingerprint density at radius 1 is 1.29 bits per heavy atom. The molecule has 4 unspecified atom stereocenters. The predicted octanol–water partition coefficient (Wildman–Crippen LogP) is 3.33. The molecule has 188 valence electrons. The summed E-state index contributed by atoms with van der Waals surface area (Å²) in [5, 5.41) is 0. The lowest BCUT2D eigenvalue weighted by Gasteiger charge is -2.25. The number of sulfone groups is 1. The lowest BCUT2D eigenvalue weighted by Crippen LogP contribution is -2.37. The number of ether oxygens (including phenoxy) is 2. The molecule has 1 aromatic carbocycles. The van der Waals surface area contributed by atoms with Crippen LogP contribution < -0.4 is 4.74 Å². The minimum absolute atomic E-state index is 0.0158. The standard InChI is InChI=1S/C21H23F5N2O5S/c1-11(19(2,22)23)32-15-5-4-13(34(3,30)31)6-14(15)17(29)28-9-12-7-20(12,10-28)18-27-8-16(33-18)21(24,25)26/h4-6,11-12,16H,7-10H2,1-3H3. The largest absolute Gasteiger partial charge is 0.484 e. The van der Waals surface area contributed by atoms with Gasteiger partial charge in [0.15, 0.2) is 21.8 Å². The Balaban J connectivity index is 1.58. The number of hydrogen-bond acceptors (Lipinski definition) is 6. The highest BCUT2D eigenvalue weighted by Gasteiger charge is 2.67. The van der Waals surface area contributed by atoms with Gasteiger partial charge >= 0.3 is 6.18 Å². The van der Waals surface area contributed by atoms with Gasteiger partial charge in [-0.3, -0.25) is 9.79 Å². The van der Waals surface area contributed by atoms with E-state index in [0.717, 1.165) is 31.4 Å². The van der Waals surface area contributed by atoms with Crippen LogP contribution in [0, 0.1) is 11.3 Å². The normalized spacial score (nSPS) is 27.6. The molecule has 2 heterocycles. The SMILES string of the molecule is CC(Oc1ccc(S(C)(=O)=O)cc1C(=O)N1CC2CC2(C2=NCC(C(F)(F)F)O2)C1)C(C)(F)F. The van der Waals surface area contributed by atoms with Gasteiger partial charge in [-0.25, -0.2) is 17.2 Å². The number of fused-ring (bicyclic) bond motifs is 1. The summed E-state index contributed by atoms with van der Waals surface area (Å²) in [5.41, 5.74) is -1.05. The van der Waals surface area contributed by atoms with E-state index in [4.69, 9.17) is 9.47 Å². The number of likely N-dealkylation sites (tertiary alicyclic amines) is 1. The molecular formula is C21H23F5N2O5S. The average molecular weight is 510 g/mol. The van der Waals surface area contributed by atoms with Gasteiger partial charge in [0.05, 0.1) is 22.4 Å². The van der Waals surface area contributed by atoms with Gasteiger partial charge in [-0.2, -0.15) is 13.2 Å². The van der Waals surface area contributed by atoms with Gasteiger partial charge in [0, 0.05) is 26.3 Å². The van der Waals surface area contributed by atoms with Gasteiger partial charge in [0.1, 0.15) is 5.75 Å². The van der Waals surface area contributed by atoms with Crippen LogP contribution in [0.25, 0.3) is 0 Å². The summed E-state index contributed by atoms with van der Waals surface area (Å²) in [4.78, 5) is 18.4. The maximum Gasteiger partial charge on any atom is 0.427 e. The van der Waals surface area contributed by atoms with E-state index in [2.05, 4.69) is 4.99 Å². The van der Waals surface area contributed by atoms with Crippen LogP contribution >= 0.6 is 0 Å². The molecule has 4 atom stereocenters. The second-order valence-electron chi connectivity index (χ2n) is 9.18. The zero-order valence-corrected chi connectivity index (χ0v) is 19.3.